The van der Waals surface area contributed by atoms with Gasteiger partial charge in [-0.05, 0) is 6.07 Å². The Kier molecular flexibility index (Phi) is 4.05. The number of rotatable bonds is 4. The van der Waals surface area contributed by atoms with E-state index >= 15 is 0 Å². The standard InChI is InChI=1S/C9H10ClFO5S/c1-15-6-3-5(4-17(10,13)14)8(12)7(11)9(6)16-2/h3,12H,4H2,1-2H3. The summed E-state index contributed by atoms with van der Waals surface area (Å²) in [6, 6.07) is 1.15. The summed E-state index contributed by atoms with van der Waals surface area (Å²) < 4.78 is 44.9. The van der Waals surface area contributed by atoms with Crippen LogP contribution < -0.4 is 9.47 Å². The average molecular weight is 285 g/mol. The zero-order valence-electron chi connectivity index (χ0n) is 9.03. The predicted molar refractivity (Wildman–Crippen MR) is 59.6 cm³/mol. The van der Waals surface area contributed by atoms with E-state index in [2.05, 4.69) is 0 Å². The second-order valence-corrected chi connectivity index (χ2v) is 5.89. The van der Waals surface area contributed by atoms with Gasteiger partial charge in [0, 0.05) is 16.2 Å². The Labute approximate surface area is 102 Å². The van der Waals surface area contributed by atoms with E-state index < -0.39 is 26.4 Å². The summed E-state index contributed by atoms with van der Waals surface area (Å²) in [5.41, 5.74) is -0.199. The second kappa shape index (κ2) is 4.97. The number of ether oxygens (including phenoxy) is 2. The maximum Gasteiger partial charge on any atom is 0.236 e. The third-order valence-electron chi connectivity index (χ3n) is 1.99. The van der Waals surface area contributed by atoms with E-state index in [1.165, 1.54) is 14.2 Å². The smallest absolute Gasteiger partial charge is 0.236 e. The number of phenolic OH excluding ortho intramolecular Hbond substituents is 1. The monoisotopic (exact) mass is 284 g/mol. The summed E-state index contributed by atoms with van der Waals surface area (Å²) >= 11 is 0. The molecule has 1 aromatic rings. The summed E-state index contributed by atoms with van der Waals surface area (Å²) in [6.07, 6.45) is 0. The molecule has 0 aromatic heterocycles. The van der Waals surface area contributed by atoms with Crippen LogP contribution >= 0.6 is 10.7 Å². The van der Waals surface area contributed by atoms with Crippen LogP contribution in [-0.2, 0) is 14.8 Å². The fourth-order valence-electron chi connectivity index (χ4n) is 1.29. The van der Waals surface area contributed by atoms with Crippen molar-refractivity contribution in [3.8, 4) is 17.2 Å². The average Bonchev–Trinajstić information content (AvgIpc) is 2.22. The molecule has 0 amide bonds. The molecule has 1 N–H and O–H groups in total. The number of benzene rings is 1. The lowest BCUT2D eigenvalue weighted by molar-refractivity contribution is 0.325. The van der Waals surface area contributed by atoms with E-state index in [0.717, 1.165) is 6.07 Å². The lowest BCUT2D eigenvalue weighted by atomic mass is 10.2. The van der Waals surface area contributed by atoms with Crippen LogP contribution in [0.2, 0.25) is 0 Å². The predicted octanol–water partition coefficient (Wildman–Crippen LogP) is 1.62. The van der Waals surface area contributed by atoms with Gasteiger partial charge in [-0.2, -0.15) is 4.39 Å². The van der Waals surface area contributed by atoms with E-state index in [1.54, 1.807) is 0 Å². The summed E-state index contributed by atoms with van der Waals surface area (Å²) in [4.78, 5) is 0. The maximum atomic E-state index is 13.6. The van der Waals surface area contributed by atoms with E-state index in [-0.39, 0.29) is 17.1 Å². The maximum absolute atomic E-state index is 13.6. The van der Waals surface area contributed by atoms with Crippen molar-refractivity contribution in [1.29, 1.82) is 0 Å². The first-order chi connectivity index (χ1) is 7.80. The minimum absolute atomic E-state index is 0.0295. The Morgan fingerprint density at radius 2 is 2.00 bits per heavy atom. The van der Waals surface area contributed by atoms with Crippen LogP contribution in [0.5, 0.6) is 17.2 Å². The summed E-state index contributed by atoms with van der Waals surface area (Å²) in [5, 5.41) is 9.46. The number of hydrogen-bond donors (Lipinski definition) is 1. The molecule has 0 fully saturated rings. The molecule has 5 nitrogen and oxygen atoms in total. The van der Waals surface area contributed by atoms with Crippen molar-refractivity contribution in [2.45, 2.75) is 5.75 Å². The van der Waals surface area contributed by atoms with Gasteiger partial charge in [0.15, 0.2) is 11.5 Å². The fraction of sp³-hybridized carbons (Fsp3) is 0.333. The first-order valence-corrected chi connectivity index (χ1v) is 6.82. The van der Waals surface area contributed by atoms with Crippen molar-refractivity contribution in [2.24, 2.45) is 0 Å². The molecule has 0 aliphatic rings. The van der Waals surface area contributed by atoms with Gasteiger partial charge in [0.2, 0.25) is 20.6 Å². The van der Waals surface area contributed by atoms with Crippen molar-refractivity contribution in [2.75, 3.05) is 14.2 Å². The van der Waals surface area contributed by atoms with E-state index in [9.17, 15) is 17.9 Å². The topological polar surface area (TPSA) is 72.8 Å². The van der Waals surface area contributed by atoms with E-state index in [0.29, 0.717) is 0 Å². The van der Waals surface area contributed by atoms with Crippen LogP contribution in [0.4, 0.5) is 4.39 Å². The Morgan fingerprint density at radius 3 is 2.41 bits per heavy atom. The summed E-state index contributed by atoms with van der Waals surface area (Å²) in [7, 11) is 3.57. The van der Waals surface area contributed by atoms with Crippen molar-refractivity contribution in [3.63, 3.8) is 0 Å². The van der Waals surface area contributed by atoms with Gasteiger partial charge in [0.25, 0.3) is 0 Å². The molecule has 0 aliphatic heterocycles. The van der Waals surface area contributed by atoms with Gasteiger partial charge in [0.05, 0.1) is 20.0 Å². The molecule has 0 unspecified atom stereocenters. The summed E-state index contributed by atoms with van der Waals surface area (Å²) in [5.74, 6) is -2.97. The highest BCUT2D eigenvalue weighted by molar-refractivity contribution is 8.13. The lowest BCUT2D eigenvalue weighted by Gasteiger charge is -2.12. The highest BCUT2D eigenvalue weighted by Crippen LogP contribution is 2.39. The highest BCUT2D eigenvalue weighted by atomic mass is 35.7. The number of hydrogen-bond acceptors (Lipinski definition) is 5. The van der Waals surface area contributed by atoms with Crippen LogP contribution in [0.15, 0.2) is 6.07 Å². The van der Waals surface area contributed by atoms with Crippen molar-refractivity contribution in [1.82, 2.24) is 0 Å². The molecule has 0 saturated heterocycles. The quantitative estimate of drug-likeness (QED) is 0.851. The molecule has 0 radical (unpaired) electrons. The zero-order valence-corrected chi connectivity index (χ0v) is 10.6. The van der Waals surface area contributed by atoms with E-state index in [4.69, 9.17) is 20.2 Å². The lowest BCUT2D eigenvalue weighted by Crippen LogP contribution is -2.01. The largest absolute Gasteiger partial charge is 0.505 e. The van der Waals surface area contributed by atoms with Crippen molar-refractivity contribution in [3.05, 3.63) is 17.4 Å². The molecule has 0 bridgehead atoms. The van der Waals surface area contributed by atoms with Gasteiger partial charge in [-0.25, -0.2) is 8.42 Å². The van der Waals surface area contributed by atoms with Crippen LogP contribution in [0.25, 0.3) is 0 Å². The van der Waals surface area contributed by atoms with Gasteiger partial charge in [-0.15, -0.1) is 0 Å². The third-order valence-corrected chi connectivity index (χ3v) is 2.98. The van der Waals surface area contributed by atoms with Crippen molar-refractivity contribution >= 4 is 19.7 Å². The SMILES string of the molecule is COc1cc(CS(=O)(=O)Cl)c(O)c(F)c1OC. The van der Waals surface area contributed by atoms with Gasteiger partial charge >= 0.3 is 0 Å². The zero-order chi connectivity index (χ0) is 13.2. The minimum atomic E-state index is -3.91. The molecule has 1 rings (SSSR count). The molecule has 0 spiro atoms. The van der Waals surface area contributed by atoms with Crippen LogP contribution in [0, 0.1) is 5.82 Å². The normalized spacial score (nSPS) is 11.3. The van der Waals surface area contributed by atoms with Gasteiger partial charge in [-0.1, -0.05) is 0 Å². The molecule has 96 valence electrons. The number of aromatic hydroxyl groups is 1. The Morgan fingerprint density at radius 1 is 1.41 bits per heavy atom. The molecule has 0 heterocycles. The molecule has 0 saturated carbocycles. The molecule has 0 aliphatic carbocycles. The molecule has 0 atom stereocenters. The van der Waals surface area contributed by atoms with Crippen LogP contribution in [-0.4, -0.2) is 27.7 Å². The van der Waals surface area contributed by atoms with Gasteiger partial charge < -0.3 is 14.6 Å². The Hall–Kier alpha value is -1.21. The summed E-state index contributed by atoms with van der Waals surface area (Å²) in [6.45, 7) is 0. The molecule has 1 aromatic carbocycles. The van der Waals surface area contributed by atoms with Crippen molar-refractivity contribution < 1.29 is 27.4 Å². The Bertz CT molecular complexity index is 529. The molecule has 17 heavy (non-hydrogen) atoms. The van der Waals surface area contributed by atoms with Gasteiger partial charge in [0.1, 0.15) is 0 Å². The number of methoxy groups -OCH3 is 2. The number of halogens is 2. The first-order valence-electron chi connectivity index (χ1n) is 4.34. The number of phenols is 1. The highest BCUT2D eigenvalue weighted by Gasteiger charge is 2.22. The Balaban J connectivity index is 3.39. The molecular formula is C9H10ClFO5S. The minimum Gasteiger partial charge on any atom is -0.505 e. The fourth-order valence-corrected chi connectivity index (χ4v) is 2.23. The van der Waals surface area contributed by atoms with Gasteiger partial charge in [-0.3, -0.25) is 0 Å². The molecule has 8 heteroatoms. The molecular weight excluding hydrogens is 275 g/mol. The van der Waals surface area contributed by atoms with Crippen LogP contribution in [0.3, 0.4) is 0 Å². The second-order valence-electron chi connectivity index (χ2n) is 3.12. The van der Waals surface area contributed by atoms with E-state index in [1.807, 2.05) is 0 Å². The van der Waals surface area contributed by atoms with Crippen LogP contribution in [0.1, 0.15) is 5.56 Å². The third kappa shape index (κ3) is 3.13. The first kappa shape index (κ1) is 13.9.